The molecular formula is C15H16ClN3O3. The van der Waals surface area contributed by atoms with Gasteiger partial charge in [-0.05, 0) is 23.8 Å². The van der Waals surface area contributed by atoms with E-state index in [0.717, 1.165) is 5.56 Å². The molecule has 0 spiro atoms. The lowest BCUT2D eigenvalue weighted by atomic mass is 10.1. The molecule has 22 heavy (non-hydrogen) atoms. The zero-order chi connectivity index (χ0) is 16.1. The second-order valence-corrected chi connectivity index (χ2v) is 5.20. The molecule has 2 aromatic heterocycles. The highest BCUT2D eigenvalue weighted by Gasteiger charge is 2.23. The number of rotatable bonds is 5. The van der Waals surface area contributed by atoms with Crippen molar-refractivity contribution in [2.24, 2.45) is 7.05 Å². The summed E-state index contributed by atoms with van der Waals surface area (Å²) >= 11 is 5.87. The van der Waals surface area contributed by atoms with Crippen molar-refractivity contribution < 1.29 is 14.3 Å². The number of hydrogen-bond acceptors (Lipinski definition) is 4. The first kappa shape index (κ1) is 16.0. The maximum Gasteiger partial charge on any atom is 0.328 e. The molecule has 2 aromatic rings. The molecule has 0 saturated heterocycles. The summed E-state index contributed by atoms with van der Waals surface area (Å²) in [5.41, 5.74) is 1.24. The van der Waals surface area contributed by atoms with Crippen LogP contribution in [0.25, 0.3) is 0 Å². The molecular weight excluding hydrogens is 306 g/mol. The fourth-order valence-corrected chi connectivity index (χ4v) is 2.32. The number of aryl methyl sites for hydroxylation is 1. The van der Waals surface area contributed by atoms with Crippen LogP contribution >= 0.6 is 11.6 Å². The fraction of sp³-hybridized carbons (Fsp3) is 0.267. The van der Waals surface area contributed by atoms with E-state index in [1.54, 1.807) is 42.3 Å². The van der Waals surface area contributed by atoms with Crippen LogP contribution in [0.15, 0.2) is 36.8 Å². The first-order valence-electron chi connectivity index (χ1n) is 6.60. The van der Waals surface area contributed by atoms with E-state index in [1.807, 2.05) is 0 Å². The van der Waals surface area contributed by atoms with E-state index in [-0.39, 0.29) is 5.91 Å². The molecule has 7 heteroatoms. The number of nitrogens with zero attached hydrogens (tertiary/aromatic N) is 2. The lowest BCUT2D eigenvalue weighted by Gasteiger charge is -2.16. The Labute approximate surface area is 133 Å². The summed E-state index contributed by atoms with van der Waals surface area (Å²) in [6.45, 7) is 0. The third-order valence-electron chi connectivity index (χ3n) is 3.18. The minimum absolute atomic E-state index is 0.319. The highest BCUT2D eigenvalue weighted by atomic mass is 35.5. The van der Waals surface area contributed by atoms with Crippen molar-refractivity contribution in [2.75, 3.05) is 7.11 Å². The van der Waals surface area contributed by atoms with Gasteiger partial charge in [-0.3, -0.25) is 9.78 Å². The van der Waals surface area contributed by atoms with Crippen molar-refractivity contribution in [1.29, 1.82) is 0 Å². The second-order valence-electron chi connectivity index (χ2n) is 4.76. The predicted molar refractivity (Wildman–Crippen MR) is 81.6 cm³/mol. The highest BCUT2D eigenvalue weighted by Crippen LogP contribution is 2.13. The van der Waals surface area contributed by atoms with Crippen LogP contribution in [0, 0.1) is 0 Å². The zero-order valence-corrected chi connectivity index (χ0v) is 13.0. The molecule has 116 valence electrons. The Kier molecular flexibility index (Phi) is 5.16. The van der Waals surface area contributed by atoms with E-state index < -0.39 is 12.0 Å². The summed E-state index contributed by atoms with van der Waals surface area (Å²) in [4.78, 5) is 28.1. The molecule has 1 atom stereocenters. The van der Waals surface area contributed by atoms with E-state index in [9.17, 15) is 9.59 Å². The normalized spacial score (nSPS) is 11.8. The predicted octanol–water partition coefficient (Wildman–Crippen LogP) is 1.59. The fourth-order valence-electron chi connectivity index (χ4n) is 2.07. The van der Waals surface area contributed by atoms with Crippen molar-refractivity contribution in [1.82, 2.24) is 14.9 Å². The third-order valence-corrected chi connectivity index (χ3v) is 3.39. The average Bonchev–Trinajstić information content (AvgIpc) is 2.85. The number of esters is 1. The van der Waals surface area contributed by atoms with Gasteiger partial charge in [0, 0.05) is 32.1 Å². The summed E-state index contributed by atoms with van der Waals surface area (Å²) in [5, 5.41) is 3.13. The number of halogens is 1. The Hall–Kier alpha value is -2.34. The van der Waals surface area contributed by atoms with E-state index in [4.69, 9.17) is 16.3 Å². The molecule has 2 rings (SSSR count). The monoisotopic (exact) mass is 321 g/mol. The smallest absolute Gasteiger partial charge is 0.328 e. The van der Waals surface area contributed by atoms with Crippen LogP contribution in [-0.2, 0) is 23.0 Å². The summed E-state index contributed by atoms with van der Waals surface area (Å²) in [6, 6.07) is 4.31. The van der Waals surface area contributed by atoms with Crippen LogP contribution < -0.4 is 5.32 Å². The van der Waals surface area contributed by atoms with Crippen molar-refractivity contribution in [3.05, 3.63) is 53.1 Å². The van der Waals surface area contributed by atoms with Crippen molar-refractivity contribution in [2.45, 2.75) is 12.5 Å². The molecule has 0 aliphatic rings. The Morgan fingerprint density at radius 2 is 2.09 bits per heavy atom. The SMILES string of the molecule is COC(=O)[C@@H](Cc1ccncc1)NC(=O)c1cc(Cl)cn1C. The van der Waals surface area contributed by atoms with Gasteiger partial charge >= 0.3 is 5.97 Å². The molecule has 6 nitrogen and oxygen atoms in total. The molecule has 1 amide bonds. The van der Waals surface area contributed by atoms with Gasteiger partial charge in [-0.25, -0.2) is 4.79 Å². The number of amides is 1. The van der Waals surface area contributed by atoms with Gasteiger partial charge in [-0.2, -0.15) is 0 Å². The summed E-state index contributed by atoms with van der Waals surface area (Å²) in [5.74, 6) is -0.899. The maximum absolute atomic E-state index is 12.3. The molecule has 2 heterocycles. The minimum atomic E-state index is -0.784. The number of hydrogen-bond donors (Lipinski definition) is 1. The molecule has 1 N–H and O–H groups in total. The third kappa shape index (κ3) is 3.85. The first-order valence-corrected chi connectivity index (χ1v) is 6.98. The molecule has 0 radical (unpaired) electrons. The van der Waals surface area contributed by atoms with Crippen LogP contribution in [0.4, 0.5) is 0 Å². The van der Waals surface area contributed by atoms with Gasteiger partial charge in [0.05, 0.1) is 12.1 Å². The zero-order valence-electron chi connectivity index (χ0n) is 12.2. The quantitative estimate of drug-likeness (QED) is 0.849. The Morgan fingerprint density at radius 3 is 2.64 bits per heavy atom. The number of carbonyl (C=O) groups is 2. The molecule has 0 unspecified atom stereocenters. The lowest BCUT2D eigenvalue weighted by molar-refractivity contribution is -0.142. The van der Waals surface area contributed by atoms with Crippen molar-refractivity contribution >= 4 is 23.5 Å². The molecule has 0 saturated carbocycles. The van der Waals surface area contributed by atoms with Gasteiger partial charge in [-0.1, -0.05) is 11.6 Å². The number of ether oxygens (including phenoxy) is 1. The molecule has 0 aromatic carbocycles. The van der Waals surface area contributed by atoms with E-state index >= 15 is 0 Å². The molecule has 0 bridgehead atoms. The first-order chi connectivity index (χ1) is 10.5. The van der Waals surface area contributed by atoms with Gasteiger partial charge < -0.3 is 14.6 Å². The van der Waals surface area contributed by atoms with Crippen LogP contribution in [0.2, 0.25) is 5.02 Å². The number of carbonyl (C=O) groups excluding carboxylic acids is 2. The standard InChI is InChI=1S/C15H16ClN3O3/c1-19-9-11(16)8-13(19)14(20)18-12(15(21)22-2)7-10-3-5-17-6-4-10/h3-6,8-9,12H,7H2,1-2H3,(H,18,20)/t12-/m1/s1. The van der Waals surface area contributed by atoms with E-state index in [0.29, 0.717) is 17.1 Å². The van der Waals surface area contributed by atoms with Crippen LogP contribution in [0.5, 0.6) is 0 Å². The minimum Gasteiger partial charge on any atom is -0.467 e. The topological polar surface area (TPSA) is 73.2 Å². The second kappa shape index (κ2) is 7.09. The van der Waals surface area contributed by atoms with Crippen LogP contribution in [0.3, 0.4) is 0 Å². The molecule has 0 aliphatic heterocycles. The van der Waals surface area contributed by atoms with E-state index in [2.05, 4.69) is 10.3 Å². The Balaban J connectivity index is 2.14. The van der Waals surface area contributed by atoms with Crippen molar-refractivity contribution in [3.8, 4) is 0 Å². The highest BCUT2D eigenvalue weighted by molar-refractivity contribution is 6.31. The summed E-state index contributed by atoms with van der Waals surface area (Å²) in [7, 11) is 2.99. The summed E-state index contributed by atoms with van der Waals surface area (Å²) < 4.78 is 6.35. The Bertz CT molecular complexity index is 670. The van der Waals surface area contributed by atoms with Crippen LogP contribution in [-0.4, -0.2) is 34.6 Å². The Morgan fingerprint density at radius 1 is 1.41 bits per heavy atom. The number of methoxy groups -OCH3 is 1. The summed E-state index contributed by atoms with van der Waals surface area (Å²) in [6.07, 6.45) is 5.19. The van der Waals surface area contributed by atoms with Crippen molar-refractivity contribution in [3.63, 3.8) is 0 Å². The number of pyridine rings is 1. The maximum atomic E-state index is 12.3. The van der Waals surface area contributed by atoms with Gasteiger partial charge in [-0.15, -0.1) is 0 Å². The van der Waals surface area contributed by atoms with Crippen LogP contribution in [0.1, 0.15) is 16.1 Å². The largest absolute Gasteiger partial charge is 0.467 e. The number of nitrogens with one attached hydrogen (secondary N) is 1. The van der Waals surface area contributed by atoms with Gasteiger partial charge in [0.1, 0.15) is 11.7 Å². The number of aromatic nitrogens is 2. The van der Waals surface area contributed by atoms with E-state index in [1.165, 1.54) is 13.2 Å². The lowest BCUT2D eigenvalue weighted by Crippen LogP contribution is -2.43. The molecule has 0 fully saturated rings. The van der Waals surface area contributed by atoms with Gasteiger partial charge in [0.15, 0.2) is 0 Å². The average molecular weight is 322 g/mol. The van der Waals surface area contributed by atoms with Gasteiger partial charge in [0.25, 0.3) is 5.91 Å². The molecule has 0 aliphatic carbocycles. The van der Waals surface area contributed by atoms with Gasteiger partial charge in [0.2, 0.25) is 0 Å².